The first-order valence-electron chi connectivity index (χ1n) is 8.76. The summed E-state index contributed by atoms with van der Waals surface area (Å²) in [5.41, 5.74) is 4.03. The van der Waals surface area contributed by atoms with Crippen LogP contribution in [-0.4, -0.2) is 28.9 Å². The molecule has 0 spiro atoms. The minimum atomic E-state index is 0.101. The number of pyridine rings is 1. The number of hydrogen-bond acceptors (Lipinski definition) is 3. The van der Waals surface area contributed by atoms with Crippen LogP contribution in [0.2, 0.25) is 0 Å². The number of nitrogens with one attached hydrogen (secondary N) is 1. The summed E-state index contributed by atoms with van der Waals surface area (Å²) in [6.45, 7) is 4.54. The quantitative estimate of drug-likeness (QED) is 0.924. The normalized spacial score (nSPS) is 15.0. The van der Waals surface area contributed by atoms with E-state index in [-0.39, 0.29) is 5.91 Å². The number of carbonyl (C=O) groups excluding carboxylic acids is 1. The average molecular weight is 323 g/mol. The lowest BCUT2D eigenvalue weighted by Gasteiger charge is -2.20. The van der Waals surface area contributed by atoms with Crippen LogP contribution in [0.4, 0.5) is 5.69 Å². The summed E-state index contributed by atoms with van der Waals surface area (Å²) < 4.78 is 0. The van der Waals surface area contributed by atoms with E-state index in [0.29, 0.717) is 5.56 Å². The lowest BCUT2D eigenvalue weighted by Crippen LogP contribution is -2.31. The molecule has 0 radical (unpaired) electrons. The highest BCUT2D eigenvalue weighted by molar-refractivity contribution is 5.94. The SMILES string of the molecule is Cc1cccc(CNc2cncc(C(=O)N3CCCCCC3)c2)c1. The van der Waals surface area contributed by atoms with E-state index in [9.17, 15) is 4.79 Å². The molecular weight excluding hydrogens is 298 g/mol. The second-order valence-electron chi connectivity index (χ2n) is 6.51. The number of hydrogen-bond donors (Lipinski definition) is 1. The van der Waals surface area contributed by atoms with Crippen LogP contribution in [0.15, 0.2) is 42.7 Å². The fourth-order valence-corrected chi connectivity index (χ4v) is 3.14. The Kier molecular flexibility index (Phi) is 5.47. The molecule has 1 N–H and O–H groups in total. The zero-order chi connectivity index (χ0) is 16.8. The lowest BCUT2D eigenvalue weighted by atomic mass is 10.1. The van der Waals surface area contributed by atoms with Crippen molar-refractivity contribution < 1.29 is 4.79 Å². The topological polar surface area (TPSA) is 45.2 Å². The Morgan fingerprint density at radius 1 is 1.12 bits per heavy atom. The third-order valence-electron chi connectivity index (χ3n) is 4.46. The molecule has 24 heavy (non-hydrogen) atoms. The van der Waals surface area contributed by atoms with Crippen LogP contribution < -0.4 is 5.32 Å². The van der Waals surface area contributed by atoms with Crippen molar-refractivity contribution in [1.29, 1.82) is 0 Å². The molecule has 1 aromatic carbocycles. The van der Waals surface area contributed by atoms with Gasteiger partial charge in [-0.05, 0) is 31.4 Å². The molecule has 1 aliphatic heterocycles. The van der Waals surface area contributed by atoms with Gasteiger partial charge in [0.1, 0.15) is 0 Å². The van der Waals surface area contributed by atoms with Gasteiger partial charge in [-0.25, -0.2) is 0 Å². The highest BCUT2D eigenvalue weighted by Gasteiger charge is 2.17. The molecule has 1 aromatic heterocycles. The van der Waals surface area contributed by atoms with E-state index >= 15 is 0 Å². The number of carbonyl (C=O) groups is 1. The third kappa shape index (κ3) is 4.34. The molecule has 2 heterocycles. The molecule has 3 rings (SSSR count). The summed E-state index contributed by atoms with van der Waals surface area (Å²) in [5.74, 6) is 0.101. The van der Waals surface area contributed by atoms with Crippen molar-refractivity contribution in [3.8, 4) is 0 Å². The average Bonchev–Trinajstić information content (AvgIpc) is 2.89. The number of amides is 1. The number of nitrogens with zero attached hydrogens (tertiary/aromatic N) is 2. The van der Waals surface area contributed by atoms with E-state index in [1.54, 1.807) is 12.4 Å². The van der Waals surface area contributed by atoms with Crippen LogP contribution in [0, 0.1) is 6.92 Å². The zero-order valence-electron chi connectivity index (χ0n) is 14.3. The van der Waals surface area contributed by atoms with Gasteiger partial charge in [-0.1, -0.05) is 42.7 Å². The molecule has 1 aliphatic rings. The smallest absolute Gasteiger partial charge is 0.255 e. The molecule has 0 saturated carbocycles. The first-order valence-corrected chi connectivity index (χ1v) is 8.76. The number of aromatic nitrogens is 1. The van der Waals surface area contributed by atoms with Gasteiger partial charge < -0.3 is 10.2 Å². The predicted molar refractivity (Wildman–Crippen MR) is 97.1 cm³/mol. The van der Waals surface area contributed by atoms with Gasteiger partial charge >= 0.3 is 0 Å². The van der Waals surface area contributed by atoms with E-state index in [1.165, 1.54) is 24.0 Å². The molecule has 0 aliphatic carbocycles. The number of rotatable bonds is 4. The van der Waals surface area contributed by atoms with Crippen LogP contribution >= 0.6 is 0 Å². The Balaban J connectivity index is 1.66. The van der Waals surface area contributed by atoms with Gasteiger partial charge in [0.25, 0.3) is 5.91 Å². The fourth-order valence-electron chi connectivity index (χ4n) is 3.14. The van der Waals surface area contributed by atoms with Crippen molar-refractivity contribution in [2.75, 3.05) is 18.4 Å². The Morgan fingerprint density at radius 2 is 1.92 bits per heavy atom. The largest absolute Gasteiger partial charge is 0.380 e. The zero-order valence-corrected chi connectivity index (χ0v) is 14.3. The van der Waals surface area contributed by atoms with E-state index in [0.717, 1.165) is 38.2 Å². The second kappa shape index (κ2) is 7.95. The molecule has 1 amide bonds. The molecule has 1 saturated heterocycles. The number of benzene rings is 1. The van der Waals surface area contributed by atoms with Gasteiger partial charge in [-0.2, -0.15) is 0 Å². The maximum absolute atomic E-state index is 12.7. The molecule has 4 heteroatoms. The Bertz CT molecular complexity index is 691. The van der Waals surface area contributed by atoms with Crippen LogP contribution in [0.25, 0.3) is 0 Å². The highest BCUT2D eigenvalue weighted by atomic mass is 16.2. The van der Waals surface area contributed by atoms with Gasteiger partial charge in [0.15, 0.2) is 0 Å². The highest BCUT2D eigenvalue weighted by Crippen LogP contribution is 2.16. The van der Waals surface area contributed by atoms with Gasteiger partial charge in [0.2, 0.25) is 0 Å². The van der Waals surface area contributed by atoms with Gasteiger partial charge in [0, 0.05) is 32.0 Å². The van der Waals surface area contributed by atoms with Crippen molar-refractivity contribution in [1.82, 2.24) is 9.88 Å². The molecule has 0 unspecified atom stereocenters. The fraction of sp³-hybridized carbons (Fsp3) is 0.400. The van der Waals surface area contributed by atoms with Gasteiger partial charge in [-0.15, -0.1) is 0 Å². The molecule has 0 bridgehead atoms. The molecule has 126 valence electrons. The predicted octanol–water partition coefficient (Wildman–Crippen LogP) is 4.02. The van der Waals surface area contributed by atoms with Crippen molar-refractivity contribution >= 4 is 11.6 Å². The maximum atomic E-state index is 12.7. The summed E-state index contributed by atoms with van der Waals surface area (Å²) in [4.78, 5) is 18.9. The van der Waals surface area contributed by atoms with Crippen LogP contribution in [0.5, 0.6) is 0 Å². The third-order valence-corrected chi connectivity index (χ3v) is 4.46. The molecule has 2 aromatic rings. The van der Waals surface area contributed by atoms with Crippen molar-refractivity contribution in [3.05, 3.63) is 59.4 Å². The van der Waals surface area contributed by atoms with E-state index < -0.39 is 0 Å². The molecular formula is C20H25N3O. The van der Waals surface area contributed by atoms with Crippen LogP contribution in [0.3, 0.4) is 0 Å². The minimum absolute atomic E-state index is 0.101. The minimum Gasteiger partial charge on any atom is -0.380 e. The summed E-state index contributed by atoms with van der Waals surface area (Å²) in [6, 6.07) is 10.3. The first-order chi connectivity index (χ1) is 11.7. The molecule has 4 nitrogen and oxygen atoms in total. The van der Waals surface area contributed by atoms with Crippen molar-refractivity contribution in [2.24, 2.45) is 0 Å². The van der Waals surface area contributed by atoms with E-state index in [2.05, 4.69) is 41.5 Å². The second-order valence-corrected chi connectivity index (χ2v) is 6.51. The molecule has 0 atom stereocenters. The number of anilines is 1. The first kappa shape index (κ1) is 16.5. The van der Waals surface area contributed by atoms with Crippen molar-refractivity contribution in [3.63, 3.8) is 0 Å². The summed E-state index contributed by atoms with van der Waals surface area (Å²) in [5, 5.41) is 3.37. The van der Waals surface area contributed by atoms with Gasteiger partial charge in [-0.3, -0.25) is 9.78 Å². The Morgan fingerprint density at radius 3 is 2.67 bits per heavy atom. The Labute approximate surface area is 143 Å². The van der Waals surface area contributed by atoms with Gasteiger partial charge in [0.05, 0.1) is 11.3 Å². The van der Waals surface area contributed by atoms with E-state index in [4.69, 9.17) is 0 Å². The lowest BCUT2D eigenvalue weighted by molar-refractivity contribution is 0.0761. The molecule has 1 fully saturated rings. The monoisotopic (exact) mass is 323 g/mol. The van der Waals surface area contributed by atoms with Crippen molar-refractivity contribution in [2.45, 2.75) is 39.2 Å². The summed E-state index contributed by atoms with van der Waals surface area (Å²) in [6.07, 6.45) is 8.09. The summed E-state index contributed by atoms with van der Waals surface area (Å²) >= 11 is 0. The number of likely N-dealkylation sites (tertiary alicyclic amines) is 1. The van der Waals surface area contributed by atoms with Crippen LogP contribution in [0.1, 0.15) is 47.2 Å². The maximum Gasteiger partial charge on any atom is 0.255 e. The van der Waals surface area contributed by atoms with E-state index in [1.807, 2.05) is 11.0 Å². The Hall–Kier alpha value is -2.36. The summed E-state index contributed by atoms with van der Waals surface area (Å²) in [7, 11) is 0. The standard InChI is InChI=1S/C20H25N3O/c1-16-7-6-8-17(11-16)13-22-19-12-18(14-21-15-19)20(24)23-9-4-2-3-5-10-23/h6-8,11-12,14-15,22H,2-5,9-10,13H2,1H3. The number of aryl methyl sites for hydroxylation is 1. The van der Waals surface area contributed by atoms with Crippen LogP contribution in [-0.2, 0) is 6.54 Å².